The highest BCUT2D eigenvalue weighted by Gasteiger charge is 2.18. The van der Waals surface area contributed by atoms with Crippen molar-refractivity contribution in [2.45, 2.75) is 19.8 Å². The second-order valence-electron chi connectivity index (χ2n) is 10.9. The third-order valence-electron chi connectivity index (χ3n) is 8.04. The van der Waals surface area contributed by atoms with E-state index in [1.165, 1.54) is 16.3 Å². The second-order valence-corrected chi connectivity index (χ2v) is 10.9. The van der Waals surface area contributed by atoms with E-state index >= 15 is 0 Å². The fraction of sp³-hybridized carbons (Fsp3) is 0.0750. The minimum Gasteiger partial charge on any atom is -0.310 e. The monoisotopic (exact) mass is 556 g/mol. The molecule has 3 heteroatoms. The molecule has 6 aromatic carbocycles. The zero-order chi connectivity index (χ0) is 29.2. The zero-order valence-electron chi connectivity index (χ0n) is 24.2. The summed E-state index contributed by atoms with van der Waals surface area (Å²) in [7, 11) is 0. The van der Waals surface area contributed by atoms with Crippen LogP contribution in [0.5, 0.6) is 0 Å². The van der Waals surface area contributed by atoms with Gasteiger partial charge in [-0.05, 0) is 78.7 Å². The molecule has 0 saturated carbocycles. The van der Waals surface area contributed by atoms with Gasteiger partial charge in [-0.25, -0.2) is 0 Å². The van der Waals surface area contributed by atoms with E-state index in [1.54, 1.807) is 0 Å². The van der Waals surface area contributed by atoms with Crippen LogP contribution in [-0.2, 0) is 6.42 Å². The predicted octanol–water partition coefficient (Wildman–Crippen LogP) is 10.4. The Morgan fingerprint density at radius 1 is 0.558 bits per heavy atom. The molecule has 3 nitrogen and oxygen atoms in total. The third kappa shape index (κ3) is 5.00. The fourth-order valence-corrected chi connectivity index (χ4v) is 6.06. The van der Waals surface area contributed by atoms with E-state index in [-0.39, 0.29) is 5.78 Å². The Kier molecular flexibility index (Phi) is 7.06. The highest BCUT2D eigenvalue weighted by molar-refractivity contribution is 6.12. The van der Waals surface area contributed by atoms with Crippen molar-refractivity contribution in [1.82, 2.24) is 4.57 Å². The zero-order valence-corrected chi connectivity index (χ0v) is 24.2. The fourth-order valence-electron chi connectivity index (χ4n) is 6.06. The summed E-state index contributed by atoms with van der Waals surface area (Å²) in [5, 5.41) is 2.39. The maximum atomic E-state index is 13.4. The van der Waals surface area contributed by atoms with Gasteiger partial charge in [-0.3, -0.25) is 4.79 Å². The molecule has 1 aromatic heterocycles. The molecule has 0 atom stereocenters. The number of ketones is 1. The maximum absolute atomic E-state index is 13.4. The largest absolute Gasteiger partial charge is 0.310 e. The van der Waals surface area contributed by atoms with Gasteiger partial charge >= 0.3 is 0 Å². The van der Waals surface area contributed by atoms with E-state index in [2.05, 4.69) is 120 Å². The molecule has 0 spiro atoms. The van der Waals surface area contributed by atoms with Gasteiger partial charge in [0, 0.05) is 44.6 Å². The summed E-state index contributed by atoms with van der Waals surface area (Å²) in [6, 6.07) is 52.0. The lowest BCUT2D eigenvalue weighted by atomic mass is 10.0. The lowest BCUT2D eigenvalue weighted by molar-refractivity contribution is 0.103. The van der Waals surface area contributed by atoms with E-state index in [0.29, 0.717) is 11.1 Å². The lowest BCUT2D eigenvalue weighted by Gasteiger charge is -2.25. The number of aryl methyl sites for hydroxylation is 1. The van der Waals surface area contributed by atoms with Crippen molar-refractivity contribution < 1.29 is 4.79 Å². The van der Waals surface area contributed by atoms with E-state index < -0.39 is 0 Å². The number of aromatic nitrogens is 1. The van der Waals surface area contributed by atoms with Gasteiger partial charge in [-0.15, -0.1) is 0 Å². The summed E-state index contributed by atoms with van der Waals surface area (Å²) in [6.45, 7) is 2.22. The van der Waals surface area contributed by atoms with Gasteiger partial charge in [0.05, 0.1) is 11.0 Å². The Morgan fingerprint density at radius 2 is 1.14 bits per heavy atom. The van der Waals surface area contributed by atoms with Gasteiger partial charge < -0.3 is 9.47 Å². The van der Waals surface area contributed by atoms with Crippen molar-refractivity contribution in [2.75, 3.05) is 4.90 Å². The molecule has 208 valence electrons. The summed E-state index contributed by atoms with van der Waals surface area (Å²) in [5.41, 5.74) is 9.22. The molecule has 0 amide bonds. The summed E-state index contributed by atoms with van der Waals surface area (Å²) < 4.78 is 2.29. The number of nitrogens with zero attached hydrogens (tertiary/aromatic N) is 2. The van der Waals surface area contributed by atoms with Gasteiger partial charge in [0.25, 0.3) is 0 Å². The molecule has 7 aromatic rings. The Labute approximate surface area is 252 Å². The van der Waals surface area contributed by atoms with Crippen molar-refractivity contribution in [3.05, 3.63) is 168 Å². The molecule has 0 fully saturated rings. The van der Waals surface area contributed by atoms with Gasteiger partial charge in [0.1, 0.15) is 0 Å². The second kappa shape index (κ2) is 11.5. The Balaban J connectivity index is 1.44. The van der Waals surface area contributed by atoms with E-state index in [0.717, 1.165) is 46.6 Å². The minimum absolute atomic E-state index is 0.0251. The Morgan fingerprint density at radius 3 is 1.79 bits per heavy atom. The number of hydrogen-bond donors (Lipinski definition) is 0. The smallest absolute Gasteiger partial charge is 0.193 e. The van der Waals surface area contributed by atoms with Crippen molar-refractivity contribution in [1.29, 1.82) is 0 Å². The first-order chi connectivity index (χ1) is 21.2. The number of rotatable bonds is 8. The average Bonchev–Trinajstić information content (AvgIpc) is 3.39. The SMILES string of the molecule is CCCc1ccc2c(c1)c1cc(N(c3ccccc3)c3ccccc3)ccc1n2-c1cccc(C(=O)c2ccccc2)c1. The van der Waals surface area contributed by atoms with Crippen molar-refractivity contribution in [3.63, 3.8) is 0 Å². The molecule has 0 unspecified atom stereocenters. The number of carbonyl (C=O) groups is 1. The summed E-state index contributed by atoms with van der Waals surface area (Å²) in [5.74, 6) is 0.0251. The van der Waals surface area contributed by atoms with Crippen molar-refractivity contribution in [3.8, 4) is 5.69 Å². The van der Waals surface area contributed by atoms with Crippen LogP contribution < -0.4 is 4.90 Å². The summed E-state index contributed by atoms with van der Waals surface area (Å²) in [4.78, 5) is 15.7. The van der Waals surface area contributed by atoms with Gasteiger partial charge in [-0.1, -0.05) is 98.3 Å². The van der Waals surface area contributed by atoms with Crippen LogP contribution in [-0.4, -0.2) is 10.4 Å². The van der Waals surface area contributed by atoms with Crippen molar-refractivity contribution in [2.24, 2.45) is 0 Å². The standard InChI is InChI=1S/C40H32N2O/c1-2-13-29-22-24-38-36(26-29)37-28-35(41(32-17-8-4-9-18-32)33-19-10-5-11-20-33)23-25-39(37)42(38)34-21-12-16-31(27-34)40(43)30-14-6-3-7-15-30/h3-12,14-28H,2,13H2,1H3. The van der Waals surface area contributed by atoms with Crippen LogP contribution in [0.3, 0.4) is 0 Å². The molecule has 0 radical (unpaired) electrons. The highest BCUT2D eigenvalue weighted by atomic mass is 16.1. The average molecular weight is 557 g/mol. The van der Waals surface area contributed by atoms with E-state index in [1.807, 2.05) is 48.5 Å². The van der Waals surface area contributed by atoms with Crippen LogP contribution in [0.1, 0.15) is 34.8 Å². The Hall–Kier alpha value is -5.41. The molecular weight excluding hydrogens is 524 g/mol. The number of para-hydroxylation sites is 2. The first kappa shape index (κ1) is 26.5. The molecule has 0 aliphatic rings. The topological polar surface area (TPSA) is 25.2 Å². The normalized spacial score (nSPS) is 11.2. The molecule has 0 N–H and O–H groups in total. The van der Waals surface area contributed by atoms with Crippen LogP contribution in [0.2, 0.25) is 0 Å². The molecular formula is C40H32N2O. The Bertz CT molecular complexity index is 2000. The third-order valence-corrected chi connectivity index (χ3v) is 8.04. The van der Waals surface area contributed by atoms with Gasteiger partial charge in [0.15, 0.2) is 5.78 Å². The number of carbonyl (C=O) groups excluding carboxylic acids is 1. The van der Waals surface area contributed by atoms with Crippen LogP contribution >= 0.6 is 0 Å². The van der Waals surface area contributed by atoms with Gasteiger partial charge in [-0.2, -0.15) is 0 Å². The number of benzene rings is 6. The molecule has 1 heterocycles. The molecule has 43 heavy (non-hydrogen) atoms. The van der Waals surface area contributed by atoms with Crippen LogP contribution in [0.15, 0.2) is 152 Å². The first-order valence-corrected chi connectivity index (χ1v) is 14.9. The molecule has 0 saturated heterocycles. The molecule has 7 rings (SSSR count). The van der Waals surface area contributed by atoms with Gasteiger partial charge in [0.2, 0.25) is 0 Å². The molecule has 0 aliphatic heterocycles. The maximum Gasteiger partial charge on any atom is 0.193 e. The number of anilines is 3. The lowest BCUT2D eigenvalue weighted by Crippen LogP contribution is -2.09. The minimum atomic E-state index is 0.0251. The summed E-state index contributed by atoms with van der Waals surface area (Å²) in [6.07, 6.45) is 2.12. The van der Waals surface area contributed by atoms with Crippen molar-refractivity contribution >= 4 is 44.7 Å². The predicted molar refractivity (Wildman–Crippen MR) is 179 cm³/mol. The van der Waals surface area contributed by atoms with E-state index in [4.69, 9.17) is 0 Å². The van der Waals surface area contributed by atoms with Crippen LogP contribution in [0, 0.1) is 0 Å². The summed E-state index contributed by atoms with van der Waals surface area (Å²) >= 11 is 0. The molecule has 0 aliphatic carbocycles. The number of fused-ring (bicyclic) bond motifs is 3. The quantitative estimate of drug-likeness (QED) is 0.174. The molecule has 0 bridgehead atoms. The first-order valence-electron chi connectivity index (χ1n) is 14.9. The van der Waals surface area contributed by atoms with E-state index in [9.17, 15) is 4.79 Å². The number of hydrogen-bond acceptors (Lipinski definition) is 2. The van der Waals surface area contributed by atoms with Crippen LogP contribution in [0.4, 0.5) is 17.1 Å². The highest BCUT2D eigenvalue weighted by Crippen LogP contribution is 2.40. The van der Waals surface area contributed by atoms with Crippen LogP contribution in [0.25, 0.3) is 27.5 Å².